The number of benzene rings is 4. The van der Waals surface area contributed by atoms with Gasteiger partial charge in [0.15, 0.2) is 0 Å². The Morgan fingerprint density at radius 1 is 0.782 bits per heavy atom. The van der Waals surface area contributed by atoms with Crippen LogP contribution in [0.4, 0.5) is 4.79 Å². The van der Waals surface area contributed by atoms with Gasteiger partial charge in [0.1, 0.15) is 30.6 Å². The predicted octanol–water partition coefficient (Wildman–Crippen LogP) is 5.20. The lowest BCUT2D eigenvalue weighted by Gasteiger charge is -2.28. The van der Waals surface area contributed by atoms with Crippen LogP contribution < -0.4 is 21.3 Å². The van der Waals surface area contributed by atoms with E-state index >= 15 is 0 Å². The van der Waals surface area contributed by atoms with Crippen molar-refractivity contribution in [2.75, 3.05) is 6.16 Å². The van der Waals surface area contributed by atoms with Crippen LogP contribution in [-0.4, -0.2) is 62.7 Å². The lowest BCUT2D eigenvalue weighted by atomic mass is 9.98. The zero-order valence-electron chi connectivity index (χ0n) is 30.8. The number of aromatic amines is 1. The maximum absolute atomic E-state index is 14.2. The summed E-state index contributed by atoms with van der Waals surface area (Å²) in [6, 6.07) is 29.1. The highest BCUT2D eigenvalue weighted by molar-refractivity contribution is 7.59. The molecule has 5 aromatic rings. The second-order valence-corrected chi connectivity index (χ2v) is 16.2. The molecule has 2 unspecified atom stereocenters. The summed E-state index contributed by atoms with van der Waals surface area (Å²) in [6.45, 7) is 3.81. The van der Waals surface area contributed by atoms with Gasteiger partial charge < -0.3 is 35.9 Å². The highest BCUT2D eigenvalue weighted by Crippen LogP contribution is 2.47. The first-order valence-electron chi connectivity index (χ1n) is 18.1. The van der Waals surface area contributed by atoms with E-state index in [1.54, 1.807) is 12.1 Å². The van der Waals surface area contributed by atoms with Crippen molar-refractivity contribution in [1.82, 2.24) is 31.2 Å². The second kappa shape index (κ2) is 19.5. The number of carbonyl (C=O) groups excluding carboxylic acids is 4. The number of fused-ring (bicyclic) bond motifs is 1. The number of H-pyrrole nitrogens is 1. The van der Waals surface area contributed by atoms with Crippen LogP contribution >= 0.6 is 7.37 Å². The number of nitrogens with one attached hydrogen (secondary N) is 5. The third kappa shape index (κ3) is 12.4. The van der Waals surface area contributed by atoms with E-state index in [1.807, 2.05) is 105 Å². The van der Waals surface area contributed by atoms with Gasteiger partial charge in [-0.25, -0.2) is 9.78 Å². The fourth-order valence-corrected chi connectivity index (χ4v) is 7.93. The summed E-state index contributed by atoms with van der Waals surface area (Å²) in [5, 5.41) is 12.6. The van der Waals surface area contributed by atoms with Crippen molar-refractivity contribution < 1.29 is 33.4 Å². The molecule has 0 saturated heterocycles. The van der Waals surface area contributed by atoms with Crippen LogP contribution in [-0.2, 0) is 49.7 Å². The van der Waals surface area contributed by atoms with Crippen molar-refractivity contribution in [3.63, 3.8) is 0 Å². The minimum atomic E-state index is -4.32. The van der Waals surface area contributed by atoms with E-state index in [4.69, 9.17) is 4.74 Å². The van der Waals surface area contributed by atoms with E-state index < -0.39 is 55.2 Å². The number of hydrogen-bond acceptors (Lipinski definition) is 7. The molecule has 0 saturated carbocycles. The van der Waals surface area contributed by atoms with E-state index in [2.05, 4.69) is 31.2 Å². The molecule has 6 N–H and O–H groups in total. The molecule has 4 atom stereocenters. The summed E-state index contributed by atoms with van der Waals surface area (Å²) < 4.78 is 19.2. The average molecular weight is 767 g/mol. The average Bonchev–Trinajstić information content (AvgIpc) is 3.69. The lowest BCUT2D eigenvalue weighted by molar-refractivity contribution is -0.130. The monoisotopic (exact) mass is 766 g/mol. The van der Waals surface area contributed by atoms with E-state index in [1.165, 1.54) is 12.5 Å². The molecule has 0 spiro atoms. The van der Waals surface area contributed by atoms with Crippen LogP contribution in [0.2, 0.25) is 0 Å². The van der Waals surface area contributed by atoms with Crippen molar-refractivity contribution in [3.05, 3.63) is 138 Å². The quantitative estimate of drug-likeness (QED) is 0.0656. The molecule has 0 aliphatic rings. The van der Waals surface area contributed by atoms with Gasteiger partial charge in [-0.05, 0) is 39.8 Å². The normalized spacial score (nSPS) is 13.9. The second-order valence-electron chi connectivity index (χ2n) is 13.8. The number of aromatic nitrogens is 2. The van der Waals surface area contributed by atoms with Gasteiger partial charge in [-0.2, -0.15) is 0 Å². The summed E-state index contributed by atoms with van der Waals surface area (Å²) in [5.41, 5.74) is 2.87. The van der Waals surface area contributed by atoms with Crippen LogP contribution in [0.3, 0.4) is 0 Å². The maximum atomic E-state index is 14.2. The number of alkyl carbamates (subject to hydrolysis) is 1. The van der Waals surface area contributed by atoms with Gasteiger partial charge in [0.25, 0.3) is 0 Å². The van der Waals surface area contributed by atoms with Crippen molar-refractivity contribution in [2.45, 2.75) is 64.1 Å². The fraction of sp³-hybridized carbons (Fsp3) is 0.293. The van der Waals surface area contributed by atoms with E-state index in [0.29, 0.717) is 5.69 Å². The fourth-order valence-electron chi connectivity index (χ4n) is 6.11. The SMILES string of the molecule is CC(C)CC(NC(=O)[C@@H](Cc1cnc[nH]1)NC(=O)[C@@H](Cc1cccc2ccccc12)NC(=O)OCc1ccccc1)P(=O)(O)CC(=O)NCc1ccccc1. The molecule has 14 heteroatoms. The summed E-state index contributed by atoms with van der Waals surface area (Å²) in [7, 11) is -4.32. The highest BCUT2D eigenvalue weighted by atomic mass is 31.2. The zero-order chi connectivity index (χ0) is 39.2. The van der Waals surface area contributed by atoms with Crippen LogP contribution in [0, 0.1) is 5.92 Å². The Bertz CT molecular complexity index is 2070. The van der Waals surface area contributed by atoms with Crippen LogP contribution in [0.1, 0.15) is 42.7 Å². The summed E-state index contributed by atoms with van der Waals surface area (Å²) >= 11 is 0. The molecule has 4 aromatic carbocycles. The first kappa shape index (κ1) is 40.4. The molecular weight excluding hydrogens is 719 g/mol. The number of imidazole rings is 1. The predicted molar refractivity (Wildman–Crippen MR) is 210 cm³/mol. The number of carbonyl (C=O) groups is 4. The van der Waals surface area contributed by atoms with Crippen LogP contribution in [0.5, 0.6) is 0 Å². The smallest absolute Gasteiger partial charge is 0.408 e. The van der Waals surface area contributed by atoms with Crippen LogP contribution in [0.15, 0.2) is 116 Å². The summed E-state index contributed by atoms with van der Waals surface area (Å²) in [4.78, 5) is 72.5. The molecular formula is C41H47N6O7P. The van der Waals surface area contributed by atoms with Crippen molar-refractivity contribution >= 4 is 42.0 Å². The number of nitrogens with zero attached hydrogens (tertiary/aromatic N) is 1. The maximum Gasteiger partial charge on any atom is 0.408 e. The number of rotatable bonds is 18. The Balaban J connectivity index is 1.35. The molecule has 0 radical (unpaired) electrons. The largest absolute Gasteiger partial charge is 0.445 e. The number of hydrogen-bond donors (Lipinski definition) is 6. The molecule has 5 rings (SSSR count). The van der Waals surface area contributed by atoms with E-state index in [-0.39, 0.29) is 38.3 Å². The lowest BCUT2D eigenvalue weighted by Crippen LogP contribution is -2.56. The molecule has 13 nitrogen and oxygen atoms in total. The molecule has 0 aliphatic carbocycles. The van der Waals surface area contributed by atoms with Gasteiger partial charge in [-0.1, -0.05) is 117 Å². The standard InChI is InChI=1S/C41H47N6O7P/c1-28(2)20-38(55(52,53)26-37(48)43-23-29-12-5-3-6-13-29)47-40(50)36(22-33-24-42-27-44-33)45-39(49)35(46-41(51)54-25-30-14-7-4-8-15-30)21-32-18-11-17-31-16-9-10-19-34(31)32/h3-19,24,27-28,35-36,38H,20-23,25-26H2,1-2H3,(H,42,44)(H,43,48)(H,45,49)(H,46,51)(H,47,50)(H,52,53)/t35-,36-,38?/m1/s1. The third-order valence-corrected chi connectivity index (χ3v) is 11.0. The minimum absolute atomic E-state index is 0.0249. The number of ether oxygens (including phenoxy) is 1. The molecule has 0 fully saturated rings. The Kier molecular flexibility index (Phi) is 14.3. The van der Waals surface area contributed by atoms with Crippen molar-refractivity contribution in [3.8, 4) is 0 Å². The Morgan fingerprint density at radius 2 is 1.42 bits per heavy atom. The van der Waals surface area contributed by atoms with Gasteiger partial charge >= 0.3 is 6.09 Å². The molecule has 288 valence electrons. The van der Waals surface area contributed by atoms with E-state index in [0.717, 1.165) is 27.5 Å². The molecule has 0 aliphatic heterocycles. The van der Waals surface area contributed by atoms with Gasteiger partial charge in [-0.15, -0.1) is 0 Å². The summed E-state index contributed by atoms with van der Waals surface area (Å²) in [5.74, 6) is -3.49. The zero-order valence-corrected chi connectivity index (χ0v) is 31.7. The Hall–Kier alpha value is -5.78. The van der Waals surface area contributed by atoms with Gasteiger partial charge in [0.2, 0.25) is 25.1 Å². The van der Waals surface area contributed by atoms with Gasteiger partial charge in [0.05, 0.1) is 6.33 Å². The molecule has 55 heavy (non-hydrogen) atoms. The minimum Gasteiger partial charge on any atom is -0.445 e. The van der Waals surface area contributed by atoms with Crippen molar-refractivity contribution in [1.29, 1.82) is 0 Å². The molecule has 1 heterocycles. The highest BCUT2D eigenvalue weighted by Gasteiger charge is 2.37. The molecule has 0 bridgehead atoms. The topological polar surface area (TPSA) is 192 Å². The first-order chi connectivity index (χ1) is 26.5. The van der Waals surface area contributed by atoms with E-state index in [9.17, 15) is 28.6 Å². The Labute approximate surface area is 320 Å². The Morgan fingerprint density at radius 3 is 2.11 bits per heavy atom. The van der Waals surface area contributed by atoms with Crippen molar-refractivity contribution in [2.24, 2.45) is 5.92 Å². The molecule has 4 amide bonds. The first-order valence-corrected chi connectivity index (χ1v) is 20.0. The third-order valence-electron chi connectivity index (χ3n) is 8.93. The van der Waals surface area contributed by atoms with Gasteiger partial charge in [0, 0.05) is 31.3 Å². The molecule has 1 aromatic heterocycles. The van der Waals surface area contributed by atoms with Crippen LogP contribution in [0.25, 0.3) is 10.8 Å². The number of amides is 4. The van der Waals surface area contributed by atoms with Gasteiger partial charge in [-0.3, -0.25) is 18.9 Å². The summed E-state index contributed by atoms with van der Waals surface area (Å²) in [6.07, 6.45) is 1.48.